The molecule has 0 aliphatic heterocycles. The highest BCUT2D eigenvalue weighted by atomic mass is 16.2. The Kier molecular flexibility index (Phi) is 4.51. The van der Waals surface area contributed by atoms with Crippen molar-refractivity contribution < 1.29 is 9.59 Å². The lowest BCUT2D eigenvalue weighted by molar-refractivity contribution is -0.125. The molecule has 1 radical (unpaired) electrons. The zero-order valence-electron chi connectivity index (χ0n) is 9.19. The van der Waals surface area contributed by atoms with Crippen LogP contribution in [0, 0.1) is 6.92 Å². The summed E-state index contributed by atoms with van der Waals surface area (Å²) in [6, 6.07) is 8.50. The van der Waals surface area contributed by atoms with Crippen LogP contribution in [0.15, 0.2) is 30.3 Å². The van der Waals surface area contributed by atoms with E-state index in [1.54, 1.807) is 12.1 Å². The molecule has 1 atom stereocenters. The van der Waals surface area contributed by atoms with Crippen LogP contribution < -0.4 is 10.6 Å². The molecular formula is C12H15N2O2. The number of amides is 2. The smallest absolute Gasteiger partial charge is 0.246 e. The number of carbonyl (C=O) groups excluding carboxylic acids is 2. The van der Waals surface area contributed by atoms with Gasteiger partial charge in [-0.2, -0.15) is 0 Å². The topological polar surface area (TPSA) is 58.2 Å². The molecule has 0 bridgehead atoms. The molecule has 85 valence electrons. The molecule has 1 rings (SSSR count). The van der Waals surface area contributed by atoms with E-state index in [0.717, 1.165) is 0 Å². The van der Waals surface area contributed by atoms with Gasteiger partial charge in [-0.05, 0) is 18.6 Å². The summed E-state index contributed by atoms with van der Waals surface area (Å²) in [7, 11) is 0. The van der Waals surface area contributed by atoms with Crippen LogP contribution in [0.4, 0.5) is 5.69 Å². The monoisotopic (exact) mass is 219 g/mol. The first-order valence-corrected chi connectivity index (χ1v) is 5.05. The number of hydrogen-bond donors (Lipinski definition) is 2. The molecule has 0 saturated heterocycles. The van der Waals surface area contributed by atoms with Crippen LogP contribution in [0.1, 0.15) is 13.3 Å². The standard InChI is InChI=1S/C12H15N2O2/c1-3-11(13-9(2)15)12(16)14-10-7-5-4-6-8-10/h4-8,11H,1,3H2,2H3,(H,13,15)(H,14,16). The molecule has 0 aliphatic carbocycles. The molecule has 1 unspecified atom stereocenters. The Morgan fingerprint density at radius 1 is 1.31 bits per heavy atom. The van der Waals surface area contributed by atoms with E-state index < -0.39 is 6.04 Å². The second-order valence-electron chi connectivity index (χ2n) is 3.40. The zero-order valence-corrected chi connectivity index (χ0v) is 9.19. The van der Waals surface area contributed by atoms with Crippen LogP contribution in [0.5, 0.6) is 0 Å². The average Bonchev–Trinajstić information content (AvgIpc) is 2.26. The lowest BCUT2D eigenvalue weighted by Gasteiger charge is -2.15. The van der Waals surface area contributed by atoms with Crippen molar-refractivity contribution >= 4 is 17.5 Å². The van der Waals surface area contributed by atoms with Gasteiger partial charge in [-0.15, -0.1) is 0 Å². The first-order valence-electron chi connectivity index (χ1n) is 5.05. The highest BCUT2D eigenvalue weighted by Gasteiger charge is 2.16. The normalized spacial score (nSPS) is 11.6. The fraction of sp³-hybridized carbons (Fsp3) is 0.250. The summed E-state index contributed by atoms with van der Waals surface area (Å²) >= 11 is 0. The van der Waals surface area contributed by atoms with Crippen molar-refractivity contribution in [2.75, 3.05) is 5.32 Å². The lowest BCUT2D eigenvalue weighted by atomic mass is 10.2. The SMILES string of the molecule is [CH2]CC(NC(C)=O)C(=O)Nc1ccccc1. The molecule has 0 aromatic heterocycles. The Labute approximate surface area is 95.0 Å². The number of benzene rings is 1. The third-order valence-electron chi connectivity index (χ3n) is 2.02. The van der Waals surface area contributed by atoms with Crippen molar-refractivity contribution in [1.82, 2.24) is 5.32 Å². The molecule has 0 saturated carbocycles. The van der Waals surface area contributed by atoms with Crippen LogP contribution in [0.25, 0.3) is 0 Å². The summed E-state index contributed by atoms with van der Waals surface area (Å²) < 4.78 is 0. The maximum Gasteiger partial charge on any atom is 0.246 e. The van der Waals surface area contributed by atoms with Gasteiger partial charge >= 0.3 is 0 Å². The molecule has 0 fully saturated rings. The molecule has 2 N–H and O–H groups in total. The molecule has 1 aromatic carbocycles. The van der Waals surface area contributed by atoms with Crippen LogP contribution in [0.3, 0.4) is 0 Å². The van der Waals surface area contributed by atoms with Gasteiger partial charge in [0, 0.05) is 12.6 Å². The van der Waals surface area contributed by atoms with Crippen molar-refractivity contribution in [2.45, 2.75) is 19.4 Å². The number of carbonyl (C=O) groups is 2. The molecule has 0 spiro atoms. The van der Waals surface area contributed by atoms with Crippen molar-refractivity contribution in [2.24, 2.45) is 0 Å². The fourth-order valence-corrected chi connectivity index (χ4v) is 1.27. The van der Waals surface area contributed by atoms with Crippen molar-refractivity contribution in [3.63, 3.8) is 0 Å². The first kappa shape index (κ1) is 12.2. The molecule has 4 nitrogen and oxygen atoms in total. The van der Waals surface area contributed by atoms with Gasteiger partial charge in [0.15, 0.2) is 0 Å². The van der Waals surface area contributed by atoms with Gasteiger partial charge in [0.05, 0.1) is 0 Å². The predicted molar refractivity (Wildman–Crippen MR) is 62.7 cm³/mol. The third kappa shape index (κ3) is 3.73. The number of rotatable bonds is 4. The quantitative estimate of drug-likeness (QED) is 0.803. The summed E-state index contributed by atoms with van der Waals surface area (Å²) in [6.45, 7) is 5.00. The average molecular weight is 219 g/mol. The molecule has 4 heteroatoms. The van der Waals surface area contributed by atoms with Crippen LogP contribution in [-0.4, -0.2) is 17.9 Å². The summed E-state index contributed by atoms with van der Waals surface area (Å²) in [5.41, 5.74) is 0.705. The number of anilines is 1. The Bertz CT molecular complexity index is 363. The maximum atomic E-state index is 11.7. The minimum absolute atomic E-state index is 0.239. The molecular weight excluding hydrogens is 204 g/mol. The number of para-hydroxylation sites is 1. The summed E-state index contributed by atoms with van der Waals surface area (Å²) in [5, 5.41) is 5.24. The highest BCUT2D eigenvalue weighted by Crippen LogP contribution is 2.06. The highest BCUT2D eigenvalue weighted by molar-refractivity contribution is 5.96. The second kappa shape index (κ2) is 5.90. The second-order valence-corrected chi connectivity index (χ2v) is 3.40. The van der Waals surface area contributed by atoms with Crippen LogP contribution >= 0.6 is 0 Å². The summed E-state index contributed by atoms with van der Waals surface area (Å²) in [5.74, 6) is -0.492. The third-order valence-corrected chi connectivity index (χ3v) is 2.02. The van der Waals surface area contributed by atoms with E-state index >= 15 is 0 Å². The number of hydrogen-bond acceptors (Lipinski definition) is 2. The van der Waals surface area contributed by atoms with Crippen LogP contribution in [-0.2, 0) is 9.59 Å². The van der Waals surface area contributed by atoms with Gasteiger partial charge in [0.2, 0.25) is 11.8 Å². The zero-order chi connectivity index (χ0) is 12.0. The van der Waals surface area contributed by atoms with E-state index in [1.807, 2.05) is 18.2 Å². The van der Waals surface area contributed by atoms with Gasteiger partial charge in [0.1, 0.15) is 6.04 Å². The largest absolute Gasteiger partial charge is 0.345 e. The Balaban J connectivity index is 2.59. The van der Waals surface area contributed by atoms with Gasteiger partial charge in [-0.25, -0.2) is 0 Å². The van der Waals surface area contributed by atoms with Crippen molar-refractivity contribution in [3.05, 3.63) is 37.3 Å². The predicted octanol–water partition coefficient (Wildman–Crippen LogP) is 1.35. The minimum Gasteiger partial charge on any atom is -0.345 e. The molecule has 2 amide bonds. The van der Waals surface area contributed by atoms with Gasteiger partial charge in [-0.3, -0.25) is 9.59 Å². The number of nitrogens with one attached hydrogen (secondary N) is 2. The van der Waals surface area contributed by atoms with Gasteiger partial charge < -0.3 is 10.6 Å². The summed E-state index contributed by atoms with van der Waals surface area (Å²) in [6.07, 6.45) is 0.318. The molecule has 16 heavy (non-hydrogen) atoms. The van der Waals surface area contributed by atoms with E-state index in [0.29, 0.717) is 12.1 Å². The van der Waals surface area contributed by atoms with E-state index in [2.05, 4.69) is 17.6 Å². The van der Waals surface area contributed by atoms with Crippen molar-refractivity contribution in [3.8, 4) is 0 Å². The fourth-order valence-electron chi connectivity index (χ4n) is 1.27. The Morgan fingerprint density at radius 2 is 1.94 bits per heavy atom. The van der Waals surface area contributed by atoms with E-state index in [4.69, 9.17) is 0 Å². The van der Waals surface area contributed by atoms with E-state index in [1.165, 1.54) is 6.92 Å². The first-order chi connectivity index (χ1) is 7.63. The molecule has 0 aliphatic rings. The van der Waals surface area contributed by atoms with Gasteiger partial charge in [-0.1, -0.05) is 25.1 Å². The Morgan fingerprint density at radius 3 is 2.44 bits per heavy atom. The Hall–Kier alpha value is -1.84. The summed E-state index contributed by atoms with van der Waals surface area (Å²) in [4.78, 5) is 22.6. The molecule has 1 aromatic rings. The van der Waals surface area contributed by atoms with Crippen LogP contribution in [0.2, 0.25) is 0 Å². The maximum absolute atomic E-state index is 11.7. The minimum atomic E-state index is -0.585. The van der Waals surface area contributed by atoms with E-state index in [9.17, 15) is 9.59 Å². The van der Waals surface area contributed by atoms with Gasteiger partial charge in [0.25, 0.3) is 0 Å². The lowest BCUT2D eigenvalue weighted by Crippen LogP contribution is -2.42. The van der Waals surface area contributed by atoms with E-state index in [-0.39, 0.29) is 11.8 Å². The van der Waals surface area contributed by atoms with Crippen molar-refractivity contribution in [1.29, 1.82) is 0 Å². The molecule has 0 heterocycles.